The van der Waals surface area contributed by atoms with Gasteiger partial charge in [-0.1, -0.05) is 0 Å². The average Bonchev–Trinajstić information content (AvgIpc) is 1.31. The first kappa shape index (κ1) is 11.6. The molecule has 0 fully saturated rings. The Hall–Kier alpha value is 0.831. The van der Waals surface area contributed by atoms with Crippen molar-refractivity contribution in [3.8, 4) is 0 Å². The third-order valence-electron chi connectivity index (χ3n) is 0.243. The molecule has 8 heavy (non-hydrogen) atoms. The molecule has 0 aliphatic rings. The maximum atomic E-state index is 10.6. The van der Waals surface area contributed by atoms with E-state index in [0.717, 1.165) is 0 Å². The van der Waals surface area contributed by atoms with Gasteiger partial charge in [-0.3, -0.25) is 0 Å². The Kier molecular flexibility index (Phi) is 5.49. The molecule has 0 rings (SSSR count). The zero-order valence-electron chi connectivity index (χ0n) is 3.70. The van der Waals surface area contributed by atoms with Gasteiger partial charge in [0.25, 0.3) is 0 Å². The first-order chi connectivity index (χ1) is 2.94. The summed E-state index contributed by atoms with van der Waals surface area (Å²) in [4.78, 5) is 8.90. The van der Waals surface area contributed by atoms with Crippen LogP contribution in [0.5, 0.6) is 0 Å². The van der Waals surface area contributed by atoms with Crippen LogP contribution in [0.2, 0.25) is 0 Å². The molecule has 0 bridgehead atoms. The number of alkyl halides is 3. The van der Waals surface area contributed by atoms with E-state index >= 15 is 0 Å². The van der Waals surface area contributed by atoms with Gasteiger partial charge in [-0.15, -0.1) is 0 Å². The molecule has 0 aromatic carbocycles. The van der Waals surface area contributed by atoms with Crippen LogP contribution >= 0.6 is 0 Å². The molecule has 0 saturated carbocycles. The van der Waals surface area contributed by atoms with Crippen molar-refractivity contribution >= 4 is 54.9 Å². The van der Waals surface area contributed by atoms with E-state index in [4.69, 9.17) is 9.90 Å². The molecular weight excluding hydrogens is 250 g/mol. The SMILES string of the molecule is O=C(O)C(F)(F)F.[Ba]. The number of aliphatic carboxylic acids is 1. The molecule has 0 aromatic rings. The molecule has 0 unspecified atom stereocenters. The second-order valence-electron chi connectivity index (χ2n) is 0.803. The second kappa shape index (κ2) is 3.78. The van der Waals surface area contributed by atoms with Crippen LogP contribution < -0.4 is 0 Å². The number of halogens is 3. The first-order valence-electron chi connectivity index (χ1n) is 1.24. The standard InChI is InChI=1S/C2HF3O2.Ba/c3-2(4,5)1(6)7;/h(H,6,7);. The topological polar surface area (TPSA) is 37.3 Å². The molecule has 0 aliphatic heterocycles. The van der Waals surface area contributed by atoms with Gasteiger partial charge in [0.2, 0.25) is 0 Å². The first-order valence-corrected chi connectivity index (χ1v) is 1.24. The van der Waals surface area contributed by atoms with Crippen molar-refractivity contribution in [2.75, 3.05) is 0 Å². The van der Waals surface area contributed by atoms with Crippen molar-refractivity contribution in [3.63, 3.8) is 0 Å². The van der Waals surface area contributed by atoms with Crippen LogP contribution in [-0.2, 0) is 4.79 Å². The van der Waals surface area contributed by atoms with Crippen molar-refractivity contribution in [1.82, 2.24) is 0 Å². The quantitative estimate of drug-likeness (QED) is 0.627. The van der Waals surface area contributed by atoms with Gasteiger partial charge in [0, 0.05) is 48.9 Å². The van der Waals surface area contributed by atoms with Crippen LogP contribution in [0, 0.1) is 0 Å². The number of carbonyl (C=O) groups is 1. The van der Waals surface area contributed by atoms with Crippen molar-refractivity contribution in [1.29, 1.82) is 0 Å². The molecule has 0 aromatic heterocycles. The van der Waals surface area contributed by atoms with Gasteiger partial charge in [0.05, 0.1) is 0 Å². The molecule has 0 saturated heterocycles. The molecule has 0 spiro atoms. The zero-order chi connectivity index (χ0) is 6.08. The summed E-state index contributed by atoms with van der Waals surface area (Å²) < 4.78 is 31.7. The third-order valence-corrected chi connectivity index (χ3v) is 0.243. The number of carboxylic acids is 1. The Morgan fingerprint density at radius 1 is 1.38 bits per heavy atom. The minimum Gasteiger partial charge on any atom is -0.475 e. The van der Waals surface area contributed by atoms with Gasteiger partial charge in [-0.2, -0.15) is 13.2 Å². The molecule has 2 radical (unpaired) electrons. The fourth-order valence-corrected chi connectivity index (χ4v) is 0. The predicted octanol–water partition coefficient (Wildman–Crippen LogP) is 0.253. The van der Waals surface area contributed by atoms with E-state index in [1.807, 2.05) is 0 Å². The fourth-order valence-electron chi connectivity index (χ4n) is 0. The zero-order valence-corrected chi connectivity index (χ0v) is 8.14. The van der Waals surface area contributed by atoms with Crippen molar-refractivity contribution in [2.24, 2.45) is 0 Å². The Labute approximate surface area is 83.1 Å². The Balaban J connectivity index is 0. The molecule has 2 nitrogen and oxygen atoms in total. The number of carboxylic acid groups (broad SMARTS) is 1. The summed E-state index contributed by atoms with van der Waals surface area (Å²) in [6.07, 6.45) is -5.08. The van der Waals surface area contributed by atoms with E-state index in [9.17, 15) is 13.2 Å². The maximum absolute atomic E-state index is 10.6. The van der Waals surface area contributed by atoms with Gasteiger partial charge >= 0.3 is 12.1 Å². The smallest absolute Gasteiger partial charge is 0.475 e. The minimum atomic E-state index is -5.08. The predicted molar refractivity (Wildman–Crippen MR) is 19.4 cm³/mol. The van der Waals surface area contributed by atoms with E-state index < -0.39 is 12.1 Å². The van der Waals surface area contributed by atoms with Crippen LogP contribution in [0.4, 0.5) is 13.2 Å². The van der Waals surface area contributed by atoms with Crippen molar-refractivity contribution in [2.45, 2.75) is 6.18 Å². The average molecular weight is 251 g/mol. The van der Waals surface area contributed by atoms with E-state index in [1.165, 1.54) is 0 Å². The normalized spacial score (nSPS) is 9.88. The summed E-state index contributed by atoms with van der Waals surface area (Å²) in [5.41, 5.74) is 0. The molecule has 6 heteroatoms. The molecule has 0 aliphatic carbocycles. The molecule has 0 heterocycles. The van der Waals surface area contributed by atoms with E-state index in [-0.39, 0.29) is 48.9 Å². The van der Waals surface area contributed by atoms with Crippen LogP contribution in [0.25, 0.3) is 0 Å². The van der Waals surface area contributed by atoms with Gasteiger partial charge in [0.15, 0.2) is 0 Å². The summed E-state index contributed by atoms with van der Waals surface area (Å²) in [5, 5.41) is 7.12. The van der Waals surface area contributed by atoms with Crippen LogP contribution in [0.1, 0.15) is 0 Å². The van der Waals surface area contributed by atoms with E-state index in [1.54, 1.807) is 0 Å². The molecule has 44 valence electrons. The van der Waals surface area contributed by atoms with E-state index in [0.29, 0.717) is 0 Å². The number of rotatable bonds is 0. The second-order valence-corrected chi connectivity index (χ2v) is 0.803. The van der Waals surface area contributed by atoms with Crippen molar-refractivity contribution in [3.05, 3.63) is 0 Å². The fraction of sp³-hybridized carbons (Fsp3) is 0.500. The van der Waals surface area contributed by atoms with Crippen LogP contribution in [0.3, 0.4) is 0 Å². The number of hydrogen-bond acceptors (Lipinski definition) is 1. The van der Waals surface area contributed by atoms with Gasteiger partial charge in [0.1, 0.15) is 0 Å². The molecule has 0 atom stereocenters. The summed E-state index contributed by atoms with van der Waals surface area (Å²) in [7, 11) is 0. The number of hydrogen-bond donors (Lipinski definition) is 1. The minimum absolute atomic E-state index is 0. The van der Waals surface area contributed by atoms with Gasteiger partial charge in [-0.05, 0) is 0 Å². The molecule has 0 amide bonds. The van der Waals surface area contributed by atoms with Crippen LogP contribution in [-0.4, -0.2) is 66.1 Å². The Bertz CT molecular complexity index is 87.8. The van der Waals surface area contributed by atoms with Crippen molar-refractivity contribution < 1.29 is 23.1 Å². The Morgan fingerprint density at radius 3 is 1.50 bits per heavy atom. The maximum Gasteiger partial charge on any atom is 0.490 e. The van der Waals surface area contributed by atoms with Crippen LogP contribution in [0.15, 0.2) is 0 Å². The molecular formula is C2HBaF3O2. The van der Waals surface area contributed by atoms with Gasteiger partial charge < -0.3 is 5.11 Å². The largest absolute Gasteiger partial charge is 0.490 e. The monoisotopic (exact) mass is 252 g/mol. The summed E-state index contributed by atoms with van der Waals surface area (Å²) in [6, 6.07) is 0. The summed E-state index contributed by atoms with van der Waals surface area (Å²) >= 11 is 0. The Morgan fingerprint density at radius 2 is 1.50 bits per heavy atom. The van der Waals surface area contributed by atoms with Gasteiger partial charge in [-0.25, -0.2) is 4.79 Å². The summed E-state index contributed by atoms with van der Waals surface area (Å²) in [5.74, 6) is -2.76. The summed E-state index contributed by atoms with van der Waals surface area (Å²) in [6.45, 7) is 0. The molecule has 1 N–H and O–H groups in total. The third kappa shape index (κ3) is 4.98. The van der Waals surface area contributed by atoms with E-state index in [2.05, 4.69) is 0 Å².